The normalized spacial score (nSPS) is 15.0. The first-order valence-electron chi connectivity index (χ1n) is 8.71. The second kappa shape index (κ2) is 9.64. The van der Waals surface area contributed by atoms with E-state index in [0.717, 1.165) is 42.9 Å². The van der Waals surface area contributed by atoms with Crippen LogP contribution in [-0.2, 0) is 11.3 Å². The minimum absolute atomic E-state index is 0.252. The second-order valence-corrected chi connectivity index (χ2v) is 7.09. The van der Waals surface area contributed by atoms with Gasteiger partial charge in [-0.2, -0.15) is 5.10 Å². The molecule has 1 aliphatic rings. The molecule has 0 spiro atoms. The highest BCUT2D eigenvalue weighted by molar-refractivity contribution is 9.10. The average Bonchev–Trinajstić information content (AvgIpc) is 2.69. The Bertz CT molecular complexity index is 803. The van der Waals surface area contributed by atoms with Crippen LogP contribution in [0, 0.1) is 0 Å². The van der Waals surface area contributed by atoms with E-state index in [1.807, 2.05) is 42.5 Å². The van der Waals surface area contributed by atoms with Crippen molar-refractivity contribution in [1.29, 1.82) is 0 Å². The van der Waals surface area contributed by atoms with Crippen molar-refractivity contribution in [3.63, 3.8) is 0 Å². The van der Waals surface area contributed by atoms with Crippen molar-refractivity contribution in [2.45, 2.75) is 6.54 Å². The Morgan fingerprint density at radius 3 is 2.70 bits per heavy atom. The van der Waals surface area contributed by atoms with Crippen LogP contribution in [0.3, 0.4) is 0 Å². The maximum absolute atomic E-state index is 12.3. The largest absolute Gasteiger partial charge is 0.496 e. The highest BCUT2D eigenvalue weighted by atomic mass is 79.9. The number of nitrogens with zero attached hydrogens (tertiary/aromatic N) is 2. The van der Waals surface area contributed by atoms with Crippen molar-refractivity contribution in [3.8, 4) is 5.75 Å². The molecule has 1 heterocycles. The standard InChI is InChI=1S/C20H22BrN3O3/c1-26-19-7-6-18(21)12-17(19)13-22-23-20(25)16-4-2-15(3-5-16)14-24-8-10-27-11-9-24/h2-7,12-13H,8-11,14H2,1H3,(H,23,25)/b22-13-. The van der Waals surface area contributed by atoms with Crippen molar-refractivity contribution < 1.29 is 14.3 Å². The highest BCUT2D eigenvalue weighted by Crippen LogP contribution is 2.21. The molecule has 1 aliphatic heterocycles. The van der Waals surface area contributed by atoms with E-state index in [4.69, 9.17) is 9.47 Å². The third-order valence-corrected chi connectivity index (χ3v) is 4.78. The average molecular weight is 432 g/mol. The van der Waals surface area contributed by atoms with Gasteiger partial charge in [-0.3, -0.25) is 9.69 Å². The lowest BCUT2D eigenvalue weighted by Gasteiger charge is -2.26. The van der Waals surface area contributed by atoms with Crippen LogP contribution in [0.25, 0.3) is 0 Å². The first-order chi connectivity index (χ1) is 13.2. The fourth-order valence-corrected chi connectivity index (χ4v) is 3.19. The van der Waals surface area contributed by atoms with Crippen LogP contribution in [0.15, 0.2) is 52.0 Å². The smallest absolute Gasteiger partial charge is 0.271 e. The Morgan fingerprint density at radius 1 is 1.26 bits per heavy atom. The number of morpholine rings is 1. The molecule has 1 saturated heterocycles. The number of halogens is 1. The van der Waals surface area contributed by atoms with E-state index in [1.54, 1.807) is 13.3 Å². The maximum atomic E-state index is 12.3. The van der Waals surface area contributed by atoms with Crippen LogP contribution in [-0.4, -0.2) is 50.4 Å². The Hall–Kier alpha value is -2.22. The summed E-state index contributed by atoms with van der Waals surface area (Å²) in [5.74, 6) is 0.432. The molecule has 0 bridgehead atoms. The van der Waals surface area contributed by atoms with Crippen LogP contribution in [0.5, 0.6) is 5.75 Å². The van der Waals surface area contributed by atoms with Gasteiger partial charge >= 0.3 is 0 Å². The van der Waals surface area contributed by atoms with E-state index in [0.29, 0.717) is 11.3 Å². The number of benzene rings is 2. The molecule has 0 unspecified atom stereocenters. The number of carbonyl (C=O) groups excluding carboxylic acids is 1. The molecule has 1 N–H and O–H groups in total. The lowest BCUT2D eigenvalue weighted by Crippen LogP contribution is -2.35. The molecule has 1 fully saturated rings. The number of amides is 1. The van der Waals surface area contributed by atoms with Gasteiger partial charge in [0.15, 0.2) is 0 Å². The van der Waals surface area contributed by atoms with Gasteiger partial charge in [0.25, 0.3) is 5.91 Å². The summed E-state index contributed by atoms with van der Waals surface area (Å²) in [5, 5.41) is 4.04. The predicted octanol–water partition coefficient (Wildman–Crippen LogP) is 3.05. The lowest BCUT2D eigenvalue weighted by atomic mass is 10.1. The first kappa shape index (κ1) is 19.5. The number of hydrazone groups is 1. The lowest BCUT2D eigenvalue weighted by molar-refractivity contribution is 0.0342. The van der Waals surface area contributed by atoms with Gasteiger partial charge in [0.2, 0.25) is 0 Å². The summed E-state index contributed by atoms with van der Waals surface area (Å²) in [7, 11) is 1.59. The van der Waals surface area contributed by atoms with E-state index in [2.05, 4.69) is 31.4 Å². The molecular formula is C20H22BrN3O3. The van der Waals surface area contributed by atoms with Gasteiger partial charge in [0, 0.05) is 35.2 Å². The molecule has 0 saturated carbocycles. The number of nitrogens with one attached hydrogen (secondary N) is 1. The number of rotatable bonds is 6. The second-order valence-electron chi connectivity index (χ2n) is 6.17. The molecule has 27 heavy (non-hydrogen) atoms. The van der Waals surface area contributed by atoms with E-state index in [-0.39, 0.29) is 5.91 Å². The summed E-state index contributed by atoms with van der Waals surface area (Å²) in [4.78, 5) is 14.6. The molecule has 7 heteroatoms. The van der Waals surface area contributed by atoms with Crippen molar-refractivity contribution >= 4 is 28.1 Å². The third-order valence-electron chi connectivity index (χ3n) is 4.29. The molecule has 0 aliphatic carbocycles. The number of hydrogen-bond acceptors (Lipinski definition) is 5. The molecule has 142 valence electrons. The molecule has 3 rings (SSSR count). The van der Waals surface area contributed by atoms with Crippen molar-refractivity contribution in [2.24, 2.45) is 5.10 Å². The summed E-state index contributed by atoms with van der Waals surface area (Å²) >= 11 is 3.41. The summed E-state index contributed by atoms with van der Waals surface area (Å²) in [6.07, 6.45) is 1.56. The first-order valence-corrected chi connectivity index (χ1v) is 9.51. The van der Waals surface area contributed by atoms with Gasteiger partial charge in [-0.15, -0.1) is 0 Å². The van der Waals surface area contributed by atoms with Crippen LogP contribution in [0.4, 0.5) is 0 Å². The zero-order valence-corrected chi connectivity index (χ0v) is 16.7. The molecule has 0 atom stereocenters. The number of carbonyl (C=O) groups is 1. The Balaban J connectivity index is 1.57. The Morgan fingerprint density at radius 2 is 2.00 bits per heavy atom. The van der Waals surface area contributed by atoms with E-state index < -0.39 is 0 Å². The zero-order chi connectivity index (χ0) is 19.1. The number of methoxy groups -OCH3 is 1. The number of hydrogen-bond donors (Lipinski definition) is 1. The van der Waals surface area contributed by atoms with Gasteiger partial charge in [0.05, 0.1) is 26.5 Å². The van der Waals surface area contributed by atoms with Gasteiger partial charge in [0.1, 0.15) is 5.75 Å². The quantitative estimate of drug-likeness (QED) is 0.563. The Kier molecular flexibility index (Phi) is 6.98. The van der Waals surface area contributed by atoms with Gasteiger partial charge in [-0.1, -0.05) is 28.1 Å². The summed E-state index contributed by atoms with van der Waals surface area (Å²) in [5.41, 5.74) is 5.07. The molecule has 2 aromatic rings. The molecule has 0 aromatic heterocycles. The van der Waals surface area contributed by atoms with E-state index in [1.165, 1.54) is 5.56 Å². The fourth-order valence-electron chi connectivity index (χ4n) is 2.81. The fraction of sp³-hybridized carbons (Fsp3) is 0.300. The van der Waals surface area contributed by atoms with Crippen LogP contribution < -0.4 is 10.2 Å². The molecular weight excluding hydrogens is 410 g/mol. The minimum atomic E-state index is -0.252. The van der Waals surface area contributed by atoms with E-state index in [9.17, 15) is 4.79 Å². The van der Waals surface area contributed by atoms with Crippen LogP contribution in [0.2, 0.25) is 0 Å². The van der Waals surface area contributed by atoms with Crippen molar-refractivity contribution in [1.82, 2.24) is 10.3 Å². The highest BCUT2D eigenvalue weighted by Gasteiger charge is 2.11. The maximum Gasteiger partial charge on any atom is 0.271 e. The summed E-state index contributed by atoms with van der Waals surface area (Å²) in [6.45, 7) is 4.31. The SMILES string of the molecule is COc1ccc(Br)cc1/C=N\NC(=O)c1ccc(CN2CCOCC2)cc1. The predicted molar refractivity (Wildman–Crippen MR) is 108 cm³/mol. The molecule has 1 amide bonds. The summed E-state index contributed by atoms with van der Waals surface area (Å²) in [6, 6.07) is 13.2. The van der Waals surface area contributed by atoms with Gasteiger partial charge in [-0.25, -0.2) is 5.43 Å². The van der Waals surface area contributed by atoms with Crippen molar-refractivity contribution in [3.05, 3.63) is 63.6 Å². The molecule has 0 radical (unpaired) electrons. The third kappa shape index (κ3) is 5.63. The van der Waals surface area contributed by atoms with Gasteiger partial charge < -0.3 is 9.47 Å². The molecule has 2 aromatic carbocycles. The minimum Gasteiger partial charge on any atom is -0.496 e. The number of ether oxygens (including phenoxy) is 2. The topological polar surface area (TPSA) is 63.2 Å². The Labute approximate surface area is 167 Å². The van der Waals surface area contributed by atoms with Crippen molar-refractivity contribution in [2.75, 3.05) is 33.4 Å². The van der Waals surface area contributed by atoms with E-state index >= 15 is 0 Å². The monoisotopic (exact) mass is 431 g/mol. The molecule has 6 nitrogen and oxygen atoms in total. The summed E-state index contributed by atoms with van der Waals surface area (Å²) < 4.78 is 11.6. The zero-order valence-electron chi connectivity index (χ0n) is 15.2. The van der Waals surface area contributed by atoms with Crippen LogP contribution >= 0.6 is 15.9 Å². The van der Waals surface area contributed by atoms with Gasteiger partial charge in [-0.05, 0) is 35.9 Å². The van der Waals surface area contributed by atoms with Crippen LogP contribution in [0.1, 0.15) is 21.5 Å².